The topological polar surface area (TPSA) is 104 Å². The van der Waals surface area contributed by atoms with Crippen molar-refractivity contribution < 1.29 is 27.4 Å². The predicted molar refractivity (Wildman–Crippen MR) is 139 cm³/mol. The van der Waals surface area contributed by atoms with Gasteiger partial charge in [0.25, 0.3) is 5.91 Å². The summed E-state index contributed by atoms with van der Waals surface area (Å²) in [5.41, 5.74) is 3.09. The molecular formula is C28H30N2O6S. The molecule has 194 valence electrons. The number of benzene rings is 2. The molecule has 0 bridgehead atoms. The predicted octanol–water partition coefficient (Wildman–Crippen LogP) is 4.36. The van der Waals surface area contributed by atoms with Crippen LogP contribution in [-0.2, 0) is 21.4 Å². The van der Waals surface area contributed by atoms with E-state index in [1.807, 2.05) is 36.4 Å². The minimum Gasteiger partial charge on any atom is -0.489 e. The van der Waals surface area contributed by atoms with E-state index < -0.39 is 21.2 Å². The average Bonchev–Trinajstić information content (AvgIpc) is 3.79. The molecule has 1 N–H and O–H groups in total. The van der Waals surface area contributed by atoms with Gasteiger partial charge in [0.05, 0.1) is 11.9 Å². The molecule has 0 radical (unpaired) electrons. The Bertz CT molecular complexity index is 1320. The number of aromatic nitrogens is 1. The Balaban J connectivity index is 1.14. The second kappa shape index (κ2) is 11.3. The zero-order valence-electron chi connectivity index (χ0n) is 20.5. The first kappa shape index (κ1) is 25.2. The fraction of sp³-hybridized carbons (Fsp3) is 0.357. The molecule has 8 nitrogen and oxygen atoms in total. The number of ether oxygens (including phenoxy) is 3. The summed E-state index contributed by atoms with van der Waals surface area (Å²) in [6, 6.07) is 18.3. The van der Waals surface area contributed by atoms with Gasteiger partial charge in [0.2, 0.25) is 15.9 Å². The Hall–Kier alpha value is -3.43. The van der Waals surface area contributed by atoms with Crippen LogP contribution in [0, 0.1) is 5.92 Å². The van der Waals surface area contributed by atoms with E-state index in [2.05, 4.69) is 9.71 Å². The molecule has 1 aliphatic carbocycles. The van der Waals surface area contributed by atoms with E-state index in [-0.39, 0.29) is 0 Å². The number of hydrogen-bond acceptors (Lipinski definition) is 7. The third-order valence-corrected chi connectivity index (χ3v) is 8.35. The normalized spacial score (nSPS) is 16.2. The molecule has 1 aliphatic heterocycles. The largest absolute Gasteiger partial charge is 0.489 e. The van der Waals surface area contributed by atoms with Crippen LogP contribution in [0.3, 0.4) is 0 Å². The molecule has 2 aromatic carbocycles. The van der Waals surface area contributed by atoms with Crippen molar-refractivity contribution in [2.45, 2.75) is 37.5 Å². The summed E-state index contributed by atoms with van der Waals surface area (Å²) in [5, 5.41) is -0.441. The van der Waals surface area contributed by atoms with Crippen LogP contribution in [-0.4, -0.2) is 44.4 Å². The first-order chi connectivity index (χ1) is 18.0. The van der Waals surface area contributed by atoms with Crippen LogP contribution in [0.2, 0.25) is 0 Å². The van der Waals surface area contributed by atoms with E-state index in [0.717, 1.165) is 42.7 Å². The van der Waals surface area contributed by atoms with Crippen molar-refractivity contribution in [1.82, 2.24) is 9.71 Å². The number of amides is 1. The van der Waals surface area contributed by atoms with Crippen molar-refractivity contribution in [2.24, 2.45) is 5.92 Å². The van der Waals surface area contributed by atoms with Gasteiger partial charge in [-0.1, -0.05) is 24.3 Å². The second-order valence-electron chi connectivity index (χ2n) is 9.44. The smallest absolute Gasteiger partial charge is 0.264 e. The number of hydrogen-bond donors (Lipinski definition) is 1. The van der Waals surface area contributed by atoms with Crippen LogP contribution in [0.5, 0.6) is 11.6 Å². The molecule has 0 spiro atoms. The summed E-state index contributed by atoms with van der Waals surface area (Å²) in [6.45, 7) is 2.56. The molecule has 0 unspecified atom stereocenters. The Kier molecular flexibility index (Phi) is 7.71. The SMILES string of the molecule is O=C(NS(=O)(=O)C1CC1)c1ccc(COc2cccc(-c3ccc(OCC4CCOCC4)nc3)c2)cc1. The van der Waals surface area contributed by atoms with Crippen LogP contribution in [0.4, 0.5) is 0 Å². The van der Waals surface area contributed by atoms with E-state index in [0.29, 0.717) is 49.2 Å². The minimum atomic E-state index is -3.57. The highest BCUT2D eigenvalue weighted by atomic mass is 32.2. The van der Waals surface area contributed by atoms with Crippen molar-refractivity contribution in [2.75, 3.05) is 19.8 Å². The monoisotopic (exact) mass is 522 g/mol. The molecular weight excluding hydrogens is 492 g/mol. The molecule has 5 rings (SSSR count). The lowest BCUT2D eigenvalue weighted by atomic mass is 10.0. The maximum atomic E-state index is 12.2. The standard InChI is InChI=1S/C28H30N2O6S/c31-28(30-37(32,33)26-9-10-26)22-6-4-20(5-7-22)18-35-25-3-1-2-23(16-25)24-8-11-27(29-17-24)36-19-21-12-14-34-15-13-21/h1-8,11,16-17,21,26H,9-10,12-15,18-19H2,(H,30,31). The van der Waals surface area contributed by atoms with Crippen molar-refractivity contribution in [3.05, 3.63) is 78.0 Å². The third-order valence-electron chi connectivity index (χ3n) is 6.53. The van der Waals surface area contributed by atoms with Crippen LogP contribution in [0.15, 0.2) is 66.9 Å². The molecule has 0 atom stereocenters. The highest BCUT2D eigenvalue weighted by Crippen LogP contribution is 2.28. The van der Waals surface area contributed by atoms with Gasteiger partial charge in [0.1, 0.15) is 12.4 Å². The summed E-state index contributed by atoms with van der Waals surface area (Å²) in [5.74, 6) is 1.22. The minimum absolute atomic E-state index is 0.294. The molecule has 37 heavy (non-hydrogen) atoms. The Morgan fingerprint density at radius 2 is 1.73 bits per heavy atom. The van der Waals surface area contributed by atoms with Gasteiger partial charge < -0.3 is 14.2 Å². The van der Waals surface area contributed by atoms with Gasteiger partial charge in [0.15, 0.2) is 0 Å². The van der Waals surface area contributed by atoms with Gasteiger partial charge in [-0.15, -0.1) is 0 Å². The quantitative estimate of drug-likeness (QED) is 0.422. The van der Waals surface area contributed by atoms with Crippen LogP contribution in [0.25, 0.3) is 11.1 Å². The number of carbonyl (C=O) groups is 1. The van der Waals surface area contributed by atoms with Crippen LogP contribution >= 0.6 is 0 Å². The van der Waals surface area contributed by atoms with Gasteiger partial charge in [-0.3, -0.25) is 4.79 Å². The van der Waals surface area contributed by atoms with E-state index in [1.54, 1.807) is 30.5 Å². The summed E-state index contributed by atoms with van der Waals surface area (Å²) >= 11 is 0. The first-order valence-electron chi connectivity index (χ1n) is 12.5. The number of nitrogens with zero attached hydrogens (tertiary/aromatic N) is 1. The fourth-order valence-corrected chi connectivity index (χ4v) is 5.39. The van der Waals surface area contributed by atoms with Crippen molar-refractivity contribution in [3.8, 4) is 22.8 Å². The first-order valence-corrected chi connectivity index (χ1v) is 14.1. The Morgan fingerprint density at radius 3 is 2.43 bits per heavy atom. The maximum Gasteiger partial charge on any atom is 0.264 e. The zero-order chi connectivity index (χ0) is 25.7. The number of pyridine rings is 1. The van der Waals surface area contributed by atoms with Gasteiger partial charge in [-0.2, -0.15) is 0 Å². The highest BCUT2D eigenvalue weighted by molar-refractivity contribution is 7.91. The zero-order valence-corrected chi connectivity index (χ0v) is 21.3. The van der Waals surface area contributed by atoms with Gasteiger partial charge >= 0.3 is 0 Å². The Labute approximate surface area is 217 Å². The summed E-state index contributed by atoms with van der Waals surface area (Å²) < 4.78 is 43.3. The van der Waals surface area contributed by atoms with Gasteiger partial charge in [0, 0.05) is 36.6 Å². The van der Waals surface area contributed by atoms with Crippen molar-refractivity contribution in [1.29, 1.82) is 0 Å². The van der Waals surface area contributed by atoms with Crippen LogP contribution < -0.4 is 14.2 Å². The summed E-state index contributed by atoms with van der Waals surface area (Å²) in [4.78, 5) is 16.7. The maximum absolute atomic E-state index is 12.2. The van der Waals surface area contributed by atoms with Crippen molar-refractivity contribution >= 4 is 15.9 Å². The average molecular weight is 523 g/mol. The lowest BCUT2D eigenvalue weighted by Crippen LogP contribution is -2.33. The molecule has 2 aliphatic rings. The number of rotatable bonds is 10. The Morgan fingerprint density at radius 1 is 0.946 bits per heavy atom. The summed E-state index contributed by atoms with van der Waals surface area (Å²) in [7, 11) is -3.57. The molecule has 1 saturated heterocycles. The fourth-order valence-electron chi connectivity index (χ4n) is 4.09. The second-order valence-corrected chi connectivity index (χ2v) is 11.4. The lowest BCUT2D eigenvalue weighted by molar-refractivity contribution is 0.0490. The van der Waals surface area contributed by atoms with Gasteiger partial charge in [-0.05, 0) is 73.1 Å². The van der Waals surface area contributed by atoms with E-state index >= 15 is 0 Å². The molecule has 1 amide bonds. The number of sulfonamides is 1. The lowest BCUT2D eigenvalue weighted by Gasteiger charge is -2.21. The molecule has 2 heterocycles. The highest BCUT2D eigenvalue weighted by Gasteiger charge is 2.36. The molecule has 1 aromatic heterocycles. The van der Waals surface area contributed by atoms with E-state index in [9.17, 15) is 13.2 Å². The number of carbonyl (C=O) groups excluding carboxylic acids is 1. The molecule has 9 heteroatoms. The third kappa shape index (κ3) is 6.87. The van der Waals surface area contributed by atoms with Crippen LogP contribution in [0.1, 0.15) is 41.6 Å². The van der Waals surface area contributed by atoms with E-state index in [1.165, 1.54) is 0 Å². The van der Waals surface area contributed by atoms with E-state index in [4.69, 9.17) is 14.2 Å². The molecule has 1 saturated carbocycles. The molecule has 2 fully saturated rings. The molecule has 3 aromatic rings. The summed E-state index contributed by atoms with van der Waals surface area (Å²) in [6.07, 6.45) is 5.05. The van der Waals surface area contributed by atoms with Crippen molar-refractivity contribution in [3.63, 3.8) is 0 Å². The van der Waals surface area contributed by atoms with Gasteiger partial charge in [-0.25, -0.2) is 18.1 Å². The number of nitrogens with one attached hydrogen (secondary N) is 1.